The van der Waals surface area contributed by atoms with Crippen molar-refractivity contribution in [3.05, 3.63) is 58.6 Å². The first-order chi connectivity index (χ1) is 12.1. The van der Waals surface area contributed by atoms with Crippen molar-refractivity contribution in [2.75, 3.05) is 6.54 Å². The molecule has 1 fully saturated rings. The molecule has 5 nitrogen and oxygen atoms in total. The molecule has 1 aliphatic rings. The second-order valence-electron chi connectivity index (χ2n) is 7.00. The Labute approximate surface area is 148 Å². The number of hydrogen-bond acceptors (Lipinski definition) is 4. The topological polar surface area (TPSA) is 58.0 Å². The van der Waals surface area contributed by atoms with E-state index in [0.717, 1.165) is 36.7 Å². The van der Waals surface area contributed by atoms with E-state index >= 15 is 0 Å². The molecular formula is C20H24N4O. The molecule has 3 aromatic rings. The molecule has 4 rings (SSSR count). The van der Waals surface area contributed by atoms with Crippen LogP contribution in [0, 0.1) is 20.8 Å². The van der Waals surface area contributed by atoms with Gasteiger partial charge in [-0.3, -0.25) is 10.00 Å². The summed E-state index contributed by atoms with van der Waals surface area (Å²) in [5.41, 5.74) is 7.08. The number of rotatable bonds is 4. The summed E-state index contributed by atoms with van der Waals surface area (Å²) in [7, 11) is 0. The van der Waals surface area contributed by atoms with Gasteiger partial charge < -0.3 is 4.52 Å². The van der Waals surface area contributed by atoms with E-state index in [1.54, 1.807) is 0 Å². The normalized spacial score (nSPS) is 18.1. The molecular weight excluding hydrogens is 312 g/mol. The molecule has 0 spiro atoms. The Bertz CT molecular complexity index is 843. The fraction of sp³-hybridized carbons (Fsp3) is 0.400. The predicted octanol–water partition coefficient (Wildman–Crippen LogP) is 4.33. The lowest BCUT2D eigenvalue weighted by Crippen LogP contribution is -2.23. The molecule has 0 unspecified atom stereocenters. The molecule has 0 bridgehead atoms. The number of nitrogens with zero attached hydrogens (tertiary/aromatic N) is 3. The van der Waals surface area contributed by atoms with Gasteiger partial charge in [0.05, 0.1) is 17.6 Å². The van der Waals surface area contributed by atoms with Crippen LogP contribution in [0.15, 0.2) is 35.0 Å². The Morgan fingerprint density at radius 2 is 2.00 bits per heavy atom. The highest BCUT2D eigenvalue weighted by Crippen LogP contribution is 2.37. The van der Waals surface area contributed by atoms with Gasteiger partial charge in [0.25, 0.3) is 0 Å². The highest BCUT2D eigenvalue weighted by Gasteiger charge is 2.31. The number of benzene rings is 1. The molecule has 5 heteroatoms. The number of hydrogen-bond donors (Lipinski definition) is 1. The van der Waals surface area contributed by atoms with Crippen molar-refractivity contribution in [2.45, 2.75) is 46.2 Å². The van der Waals surface area contributed by atoms with Gasteiger partial charge in [-0.15, -0.1) is 0 Å². The standard InChI is InChI=1S/C20H24N4O/c1-13-6-8-16(9-7-13)20-17(11-21-22-20)12-24-10-4-5-18(24)19-14(2)23-25-15(19)3/h6-9,11,18H,4-5,10,12H2,1-3H3,(H,21,22)/t18-/m1/s1. The summed E-state index contributed by atoms with van der Waals surface area (Å²) in [6.45, 7) is 8.14. The molecule has 1 saturated heterocycles. The minimum absolute atomic E-state index is 0.381. The van der Waals surface area contributed by atoms with Crippen LogP contribution >= 0.6 is 0 Å². The van der Waals surface area contributed by atoms with Crippen LogP contribution in [0.1, 0.15) is 47.0 Å². The van der Waals surface area contributed by atoms with Gasteiger partial charge in [-0.25, -0.2) is 0 Å². The largest absolute Gasteiger partial charge is 0.361 e. The second-order valence-corrected chi connectivity index (χ2v) is 7.00. The highest BCUT2D eigenvalue weighted by molar-refractivity contribution is 5.62. The Kier molecular flexibility index (Phi) is 4.17. The van der Waals surface area contributed by atoms with Gasteiger partial charge in [-0.2, -0.15) is 5.10 Å². The van der Waals surface area contributed by atoms with Crippen LogP contribution in [-0.2, 0) is 6.54 Å². The zero-order valence-corrected chi connectivity index (χ0v) is 15.0. The van der Waals surface area contributed by atoms with E-state index in [1.165, 1.54) is 28.7 Å². The quantitative estimate of drug-likeness (QED) is 0.770. The van der Waals surface area contributed by atoms with E-state index < -0.39 is 0 Å². The summed E-state index contributed by atoms with van der Waals surface area (Å²) < 4.78 is 5.40. The minimum atomic E-state index is 0.381. The second kappa shape index (κ2) is 6.48. The van der Waals surface area contributed by atoms with E-state index in [4.69, 9.17) is 4.52 Å². The number of likely N-dealkylation sites (tertiary alicyclic amines) is 1. The first kappa shape index (κ1) is 16.1. The van der Waals surface area contributed by atoms with E-state index in [0.29, 0.717) is 6.04 Å². The zero-order chi connectivity index (χ0) is 17.4. The molecule has 0 aliphatic carbocycles. The van der Waals surface area contributed by atoms with E-state index in [-0.39, 0.29) is 0 Å². The molecule has 1 aliphatic heterocycles. The summed E-state index contributed by atoms with van der Waals surface area (Å²) in [6, 6.07) is 8.97. The molecule has 3 heterocycles. The number of nitrogens with one attached hydrogen (secondary N) is 1. The average molecular weight is 336 g/mol. The van der Waals surface area contributed by atoms with Crippen molar-refractivity contribution in [1.29, 1.82) is 0 Å². The van der Waals surface area contributed by atoms with Crippen LogP contribution in [-0.4, -0.2) is 26.8 Å². The van der Waals surface area contributed by atoms with E-state index in [9.17, 15) is 0 Å². The summed E-state index contributed by atoms with van der Waals surface area (Å²) >= 11 is 0. The van der Waals surface area contributed by atoms with Gasteiger partial charge in [0.2, 0.25) is 0 Å². The van der Waals surface area contributed by atoms with Gasteiger partial charge in [0, 0.05) is 23.7 Å². The third-order valence-electron chi connectivity index (χ3n) is 5.22. The van der Waals surface area contributed by atoms with Crippen LogP contribution in [0.25, 0.3) is 11.3 Å². The number of aromatic nitrogens is 3. The molecule has 130 valence electrons. The van der Waals surface area contributed by atoms with Crippen LogP contribution in [0.3, 0.4) is 0 Å². The minimum Gasteiger partial charge on any atom is -0.361 e. The smallest absolute Gasteiger partial charge is 0.138 e. The summed E-state index contributed by atoms with van der Waals surface area (Å²) in [6.07, 6.45) is 4.31. The first-order valence-electron chi connectivity index (χ1n) is 8.89. The predicted molar refractivity (Wildman–Crippen MR) is 97.1 cm³/mol. The number of aromatic amines is 1. The van der Waals surface area contributed by atoms with Crippen molar-refractivity contribution in [3.8, 4) is 11.3 Å². The molecule has 0 amide bonds. The summed E-state index contributed by atoms with van der Waals surface area (Å²) in [5, 5.41) is 11.6. The molecule has 1 aromatic carbocycles. The SMILES string of the molecule is Cc1ccc(-c2[nH]ncc2CN2CCC[C@@H]2c2c(C)noc2C)cc1. The van der Waals surface area contributed by atoms with Gasteiger partial charge in [0.15, 0.2) is 0 Å². The molecule has 1 N–H and O–H groups in total. The lowest BCUT2D eigenvalue weighted by molar-refractivity contribution is 0.246. The lowest BCUT2D eigenvalue weighted by Gasteiger charge is -2.24. The van der Waals surface area contributed by atoms with Gasteiger partial charge in [-0.05, 0) is 45.7 Å². The summed E-state index contributed by atoms with van der Waals surface area (Å²) in [5.74, 6) is 0.945. The molecule has 0 saturated carbocycles. The van der Waals surface area contributed by atoms with Crippen LogP contribution < -0.4 is 0 Å². The van der Waals surface area contributed by atoms with Gasteiger partial charge >= 0.3 is 0 Å². The fourth-order valence-corrected chi connectivity index (χ4v) is 3.93. The molecule has 2 aromatic heterocycles. The van der Waals surface area contributed by atoms with Gasteiger partial charge in [0.1, 0.15) is 5.76 Å². The van der Waals surface area contributed by atoms with Crippen LogP contribution in [0.4, 0.5) is 0 Å². The fourth-order valence-electron chi connectivity index (χ4n) is 3.93. The monoisotopic (exact) mass is 336 g/mol. The highest BCUT2D eigenvalue weighted by atomic mass is 16.5. The Hall–Kier alpha value is -2.40. The Morgan fingerprint density at radius 3 is 2.72 bits per heavy atom. The molecule has 25 heavy (non-hydrogen) atoms. The van der Waals surface area contributed by atoms with Crippen molar-refractivity contribution < 1.29 is 4.52 Å². The maximum absolute atomic E-state index is 5.40. The third kappa shape index (κ3) is 3.00. The number of aryl methyl sites for hydroxylation is 3. The van der Waals surface area contributed by atoms with Crippen LogP contribution in [0.2, 0.25) is 0 Å². The van der Waals surface area contributed by atoms with Crippen molar-refractivity contribution in [3.63, 3.8) is 0 Å². The maximum Gasteiger partial charge on any atom is 0.138 e. The van der Waals surface area contributed by atoms with Crippen LogP contribution in [0.5, 0.6) is 0 Å². The van der Waals surface area contributed by atoms with Gasteiger partial charge in [-0.1, -0.05) is 35.0 Å². The Balaban J connectivity index is 1.60. The van der Waals surface area contributed by atoms with E-state index in [1.807, 2.05) is 20.0 Å². The lowest BCUT2D eigenvalue weighted by atomic mass is 10.0. The first-order valence-corrected chi connectivity index (χ1v) is 8.89. The molecule has 1 atom stereocenters. The zero-order valence-electron chi connectivity index (χ0n) is 15.0. The van der Waals surface area contributed by atoms with Crippen molar-refractivity contribution in [1.82, 2.24) is 20.3 Å². The van der Waals surface area contributed by atoms with Crippen molar-refractivity contribution in [2.24, 2.45) is 0 Å². The van der Waals surface area contributed by atoms with Crippen molar-refractivity contribution >= 4 is 0 Å². The average Bonchev–Trinajstić information content (AvgIpc) is 3.31. The summed E-state index contributed by atoms with van der Waals surface area (Å²) in [4.78, 5) is 2.52. The third-order valence-corrected chi connectivity index (χ3v) is 5.22. The molecule has 0 radical (unpaired) electrons. The van der Waals surface area contributed by atoms with E-state index in [2.05, 4.69) is 51.4 Å². The maximum atomic E-state index is 5.40. The number of H-pyrrole nitrogens is 1. The Morgan fingerprint density at radius 1 is 1.20 bits per heavy atom.